The standard InChI is InChI=1S/C15H18F2OS2/c1-19-14-9-8-13(20-10-14)7-4-11-2-5-12(6-3-11)18-15(16)17/h2-7,13-15H,8-10H2,1H3. The van der Waals surface area contributed by atoms with Gasteiger partial charge in [-0.25, -0.2) is 0 Å². The molecule has 1 heterocycles. The summed E-state index contributed by atoms with van der Waals surface area (Å²) in [7, 11) is 0. The van der Waals surface area contributed by atoms with Crippen LogP contribution in [0.25, 0.3) is 6.08 Å². The van der Waals surface area contributed by atoms with Crippen molar-refractivity contribution in [2.24, 2.45) is 0 Å². The van der Waals surface area contributed by atoms with Crippen molar-refractivity contribution in [2.75, 3.05) is 12.0 Å². The Balaban J connectivity index is 1.85. The lowest BCUT2D eigenvalue weighted by Crippen LogP contribution is -2.17. The van der Waals surface area contributed by atoms with Gasteiger partial charge in [-0.3, -0.25) is 0 Å². The third kappa shape index (κ3) is 5.02. The van der Waals surface area contributed by atoms with Gasteiger partial charge in [0.2, 0.25) is 0 Å². The Kier molecular flexibility index (Phi) is 6.23. The van der Waals surface area contributed by atoms with Crippen LogP contribution in [0.3, 0.4) is 0 Å². The zero-order valence-corrected chi connectivity index (χ0v) is 12.9. The van der Waals surface area contributed by atoms with Crippen molar-refractivity contribution in [1.82, 2.24) is 0 Å². The van der Waals surface area contributed by atoms with Gasteiger partial charge in [-0.05, 0) is 36.8 Å². The van der Waals surface area contributed by atoms with Crippen LogP contribution in [0.5, 0.6) is 5.75 Å². The van der Waals surface area contributed by atoms with Gasteiger partial charge in [0.15, 0.2) is 0 Å². The zero-order valence-electron chi connectivity index (χ0n) is 11.3. The maximum Gasteiger partial charge on any atom is 0.387 e. The molecular weight excluding hydrogens is 298 g/mol. The van der Waals surface area contributed by atoms with Crippen molar-refractivity contribution in [3.05, 3.63) is 35.9 Å². The highest BCUT2D eigenvalue weighted by Crippen LogP contribution is 2.32. The van der Waals surface area contributed by atoms with Crippen molar-refractivity contribution in [1.29, 1.82) is 0 Å². The highest BCUT2D eigenvalue weighted by Gasteiger charge is 2.18. The maximum atomic E-state index is 12.0. The molecular formula is C15H18F2OS2. The van der Waals surface area contributed by atoms with Gasteiger partial charge < -0.3 is 4.74 Å². The molecule has 0 radical (unpaired) electrons. The van der Waals surface area contributed by atoms with E-state index in [1.54, 1.807) is 24.3 Å². The molecule has 0 saturated carbocycles. The highest BCUT2D eigenvalue weighted by molar-refractivity contribution is 8.03. The zero-order chi connectivity index (χ0) is 14.4. The van der Waals surface area contributed by atoms with E-state index in [-0.39, 0.29) is 5.75 Å². The second kappa shape index (κ2) is 7.93. The van der Waals surface area contributed by atoms with Crippen LogP contribution in [0.1, 0.15) is 18.4 Å². The average molecular weight is 316 g/mol. The summed E-state index contributed by atoms with van der Waals surface area (Å²) in [5.74, 6) is 1.41. The van der Waals surface area contributed by atoms with E-state index in [2.05, 4.69) is 23.1 Å². The van der Waals surface area contributed by atoms with Crippen LogP contribution in [-0.2, 0) is 0 Å². The smallest absolute Gasteiger partial charge is 0.387 e. The van der Waals surface area contributed by atoms with Gasteiger partial charge in [0.25, 0.3) is 0 Å². The van der Waals surface area contributed by atoms with Gasteiger partial charge in [-0.1, -0.05) is 24.3 Å². The summed E-state index contributed by atoms with van der Waals surface area (Å²) >= 11 is 3.94. The Labute approximate surface area is 127 Å². The predicted molar refractivity (Wildman–Crippen MR) is 84.9 cm³/mol. The topological polar surface area (TPSA) is 9.23 Å². The minimum Gasteiger partial charge on any atom is -0.435 e. The van der Waals surface area contributed by atoms with Crippen LogP contribution >= 0.6 is 23.5 Å². The molecule has 1 nitrogen and oxygen atoms in total. The lowest BCUT2D eigenvalue weighted by molar-refractivity contribution is -0.0498. The van der Waals surface area contributed by atoms with E-state index in [1.807, 2.05) is 23.5 Å². The van der Waals surface area contributed by atoms with E-state index < -0.39 is 6.61 Å². The number of alkyl halides is 2. The number of ether oxygens (including phenoxy) is 1. The summed E-state index contributed by atoms with van der Waals surface area (Å²) in [5, 5.41) is 1.35. The number of halogens is 2. The minimum absolute atomic E-state index is 0.201. The third-order valence-electron chi connectivity index (χ3n) is 3.21. The molecule has 0 aromatic heterocycles. The lowest BCUT2D eigenvalue weighted by atomic mass is 10.1. The Morgan fingerprint density at radius 1 is 1.30 bits per heavy atom. The Morgan fingerprint density at radius 2 is 2.05 bits per heavy atom. The van der Waals surface area contributed by atoms with Gasteiger partial charge >= 0.3 is 6.61 Å². The monoisotopic (exact) mass is 316 g/mol. The second-order valence-corrected chi connectivity index (χ2v) is 7.02. The number of hydrogen-bond acceptors (Lipinski definition) is 3. The Morgan fingerprint density at radius 3 is 2.60 bits per heavy atom. The van der Waals surface area contributed by atoms with E-state index in [0.29, 0.717) is 5.25 Å². The fourth-order valence-corrected chi connectivity index (χ4v) is 4.34. The summed E-state index contributed by atoms with van der Waals surface area (Å²) in [6.07, 6.45) is 8.92. The molecule has 0 N–H and O–H groups in total. The molecule has 2 rings (SSSR count). The van der Waals surface area contributed by atoms with Crippen molar-refractivity contribution in [2.45, 2.75) is 30.0 Å². The number of rotatable bonds is 5. The molecule has 0 aliphatic carbocycles. The molecule has 0 amide bonds. The quantitative estimate of drug-likeness (QED) is 0.762. The summed E-state index contributed by atoms with van der Waals surface area (Å²) in [4.78, 5) is 0. The minimum atomic E-state index is -2.76. The summed E-state index contributed by atoms with van der Waals surface area (Å²) in [5.41, 5.74) is 1.01. The molecule has 20 heavy (non-hydrogen) atoms. The van der Waals surface area contributed by atoms with Crippen LogP contribution in [0.2, 0.25) is 0 Å². The number of thioether (sulfide) groups is 2. The number of benzene rings is 1. The molecule has 110 valence electrons. The SMILES string of the molecule is CSC1CCC(C=Cc2ccc(OC(F)F)cc2)SC1. The molecule has 1 aromatic rings. The highest BCUT2D eigenvalue weighted by atomic mass is 32.2. The van der Waals surface area contributed by atoms with E-state index in [0.717, 1.165) is 10.8 Å². The normalized spacial score (nSPS) is 23.4. The van der Waals surface area contributed by atoms with E-state index in [4.69, 9.17) is 0 Å². The van der Waals surface area contributed by atoms with Gasteiger partial charge in [-0.2, -0.15) is 32.3 Å². The maximum absolute atomic E-state index is 12.0. The van der Waals surface area contributed by atoms with Gasteiger partial charge in [0, 0.05) is 16.3 Å². The largest absolute Gasteiger partial charge is 0.435 e. The van der Waals surface area contributed by atoms with Crippen molar-refractivity contribution in [3.8, 4) is 5.75 Å². The first-order chi connectivity index (χ1) is 9.67. The molecule has 5 heteroatoms. The molecule has 0 spiro atoms. The fourth-order valence-electron chi connectivity index (χ4n) is 2.06. The molecule has 0 bridgehead atoms. The van der Waals surface area contributed by atoms with Gasteiger partial charge in [0.1, 0.15) is 5.75 Å². The van der Waals surface area contributed by atoms with Crippen molar-refractivity contribution < 1.29 is 13.5 Å². The summed E-state index contributed by atoms with van der Waals surface area (Å²) in [6.45, 7) is -2.76. The van der Waals surface area contributed by atoms with Crippen LogP contribution in [-0.4, -0.2) is 29.1 Å². The first kappa shape index (κ1) is 15.7. The molecule has 1 saturated heterocycles. The summed E-state index contributed by atoms with van der Waals surface area (Å²) < 4.78 is 28.4. The average Bonchev–Trinajstić information content (AvgIpc) is 2.46. The lowest BCUT2D eigenvalue weighted by Gasteiger charge is -2.24. The fraction of sp³-hybridized carbons (Fsp3) is 0.467. The van der Waals surface area contributed by atoms with Crippen molar-refractivity contribution in [3.63, 3.8) is 0 Å². The van der Waals surface area contributed by atoms with Gasteiger partial charge in [0.05, 0.1) is 0 Å². The molecule has 1 aliphatic heterocycles. The molecule has 2 atom stereocenters. The van der Waals surface area contributed by atoms with E-state index in [1.165, 1.54) is 18.6 Å². The summed E-state index contributed by atoms with van der Waals surface area (Å²) in [6, 6.07) is 6.74. The van der Waals surface area contributed by atoms with Gasteiger partial charge in [-0.15, -0.1) is 0 Å². The van der Waals surface area contributed by atoms with Crippen LogP contribution in [0.4, 0.5) is 8.78 Å². The first-order valence-electron chi connectivity index (χ1n) is 6.55. The molecule has 1 aromatic carbocycles. The first-order valence-corrected chi connectivity index (χ1v) is 8.88. The van der Waals surface area contributed by atoms with Crippen molar-refractivity contribution >= 4 is 29.6 Å². The Bertz CT molecular complexity index is 426. The van der Waals surface area contributed by atoms with Crippen LogP contribution in [0.15, 0.2) is 30.3 Å². The molecule has 1 aliphatic rings. The van der Waals surface area contributed by atoms with E-state index in [9.17, 15) is 8.78 Å². The second-order valence-electron chi connectivity index (χ2n) is 4.61. The Hall–Kier alpha value is -0.680. The third-order valence-corrected chi connectivity index (χ3v) is 5.91. The predicted octanol–water partition coefficient (Wildman–Crippen LogP) is 4.93. The molecule has 2 unspecified atom stereocenters. The number of hydrogen-bond donors (Lipinski definition) is 0. The van der Waals surface area contributed by atoms with E-state index >= 15 is 0 Å². The van der Waals surface area contributed by atoms with Crippen LogP contribution in [0, 0.1) is 0 Å². The van der Waals surface area contributed by atoms with Crippen LogP contribution < -0.4 is 4.74 Å². The molecule has 1 fully saturated rings.